The number of rotatable bonds is 5. The van der Waals surface area contributed by atoms with Crippen molar-refractivity contribution in [2.75, 3.05) is 13.2 Å². The van der Waals surface area contributed by atoms with Gasteiger partial charge in [0.1, 0.15) is 0 Å². The van der Waals surface area contributed by atoms with Crippen LogP contribution in [0.2, 0.25) is 0 Å². The molecule has 0 aromatic heterocycles. The molecule has 3 N–H and O–H groups in total. The zero-order valence-corrected chi connectivity index (χ0v) is 8.74. The lowest BCUT2D eigenvalue weighted by Gasteiger charge is -2.12. The summed E-state index contributed by atoms with van der Waals surface area (Å²) < 4.78 is 0. The van der Waals surface area contributed by atoms with Crippen molar-refractivity contribution in [1.29, 1.82) is 0 Å². The SMILES string of the molecule is CCCc1ccc(C(CN)CO)cc1. The number of benzene rings is 1. The van der Waals surface area contributed by atoms with E-state index in [4.69, 9.17) is 10.8 Å². The summed E-state index contributed by atoms with van der Waals surface area (Å²) in [6.45, 7) is 2.80. The van der Waals surface area contributed by atoms with Gasteiger partial charge < -0.3 is 10.8 Å². The number of aliphatic hydroxyl groups excluding tert-OH is 1. The van der Waals surface area contributed by atoms with Crippen LogP contribution in [0.5, 0.6) is 0 Å². The van der Waals surface area contributed by atoms with E-state index >= 15 is 0 Å². The maximum atomic E-state index is 9.07. The Morgan fingerprint density at radius 1 is 1.29 bits per heavy atom. The van der Waals surface area contributed by atoms with Crippen molar-refractivity contribution in [3.05, 3.63) is 35.4 Å². The Kier molecular flexibility index (Phi) is 4.63. The number of hydrogen-bond donors (Lipinski definition) is 2. The molecule has 0 radical (unpaired) electrons. The van der Waals surface area contributed by atoms with Crippen LogP contribution in [-0.2, 0) is 6.42 Å². The first kappa shape index (κ1) is 11.2. The fourth-order valence-corrected chi connectivity index (χ4v) is 1.56. The predicted molar refractivity (Wildman–Crippen MR) is 59.3 cm³/mol. The highest BCUT2D eigenvalue weighted by Crippen LogP contribution is 2.15. The van der Waals surface area contributed by atoms with E-state index in [2.05, 4.69) is 31.2 Å². The molecule has 1 unspecified atom stereocenters. The number of aryl methyl sites for hydroxylation is 1. The minimum atomic E-state index is 0.0886. The largest absolute Gasteiger partial charge is 0.396 e. The summed E-state index contributed by atoms with van der Waals surface area (Å²) in [5.74, 6) is 0.0886. The van der Waals surface area contributed by atoms with Gasteiger partial charge in [-0.25, -0.2) is 0 Å². The highest BCUT2D eigenvalue weighted by atomic mass is 16.3. The molecule has 0 bridgehead atoms. The van der Waals surface area contributed by atoms with Gasteiger partial charge in [-0.15, -0.1) is 0 Å². The molecule has 0 aliphatic heterocycles. The highest BCUT2D eigenvalue weighted by molar-refractivity contribution is 5.25. The van der Waals surface area contributed by atoms with E-state index in [9.17, 15) is 0 Å². The standard InChI is InChI=1S/C12H19NO/c1-2-3-10-4-6-11(7-5-10)12(8-13)9-14/h4-7,12,14H,2-3,8-9,13H2,1H3. The molecule has 1 aromatic carbocycles. The predicted octanol–water partition coefficient (Wildman–Crippen LogP) is 1.67. The van der Waals surface area contributed by atoms with Crippen LogP contribution in [-0.4, -0.2) is 18.3 Å². The molecule has 1 rings (SSSR count). The van der Waals surface area contributed by atoms with Crippen molar-refractivity contribution in [1.82, 2.24) is 0 Å². The van der Waals surface area contributed by atoms with E-state index in [1.54, 1.807) is 0 Å². The van der Waals surface area contributed by atoms with E-state index in [0.717, 1.165) is 12.0 Å². The lowest BCUT2D eigenvalue weighted by molar-refractivity contribution is 0.268. The lowest BCUT2D eigenvalue weighted by atomic mass is 9.98. The maximum Gasteiger partial charge on any atom is 0.0511 e. The number of aliphatic hydroxyl groups is 1. The molecule has 0 heterocycles. The van der Waals surface area contributed by atoms with Crippen LogP contribution in [0.3, 0.4) is 0 Å². The molecule has 0 saturated carbocycles. The smallest absolute Gasteiger partial charge is 0.0511 e. The lowest BCUT2D eigenvalue weighted by Crippen LogP contribution is -2.15. The molecule has 1 aromatic rings. The summed E-state index contributed by atoms with van der Waals surface area (Å²) >= 11 is 0. The first-order valence-electron chi connectivity index (χ1n) is 5.21. The highest BCUT2D eigenvalue weighted by Gasteiger charge is 2.07. The molecule has 2 nitrogen and oxygen atoms in total. The average Bonchev–Trinajstić information content (AvgIpc) is 2.23. The van der Waals surface area contributed by atoms with Crippen LogP contribution in [0.15, 0.2) is 24.3 Å². The first-order valence-corrected chi connectivity index (χ1v) is 5.21. The van der Waals surface area contributed by atoms with E-state index in [1.807, 2.05) is 0 Å². The quantitative estimate of drug-likeness (QED) is 0.747. The summed E-state index contributed by atoms with van der Waals surface area (Å²) in [5, 5.41) is 9.07. The molecule has 14 heavy (non-hydrogen) atoms. The molecule has 2 heteroatoms. The van der Waals surface area contributed by atoms with E-state index in [-0.39, 0.29) is 12.5 Å². The van der Waals surface area contributed by atoms with Crippen molar-refractivity contribution >= 4 is 0 Å². The minimum absolute atomic E-state index is 0.0886. The van der Waals surface area contributed by atoms with Crippen LogP contribution in [0.4, 0.5) is 0 Å². The Morgan fingerprint density at radius 2 is 1.93 bits per heavy atom. The second-order valence-electron chi connectivity index (χ2n) is 3.61. The summed E-state index contributed by atoms with van der Waals surface area (Å²) in [6, 6.07) is 8.38. The molecule has 0 saturated heterocycles. The number of nitrogens with two attached hydrogens (primary N) is 1. The molecular formula is C12H19NO. The third kappa shape index (κ3) is 2.82. The van der Waals surface area contributed by atoms with Gasteiger partial charge in [-0.3, -0.25) is 0 Å². The van der Waals surface area contributed by atoms with Gasteiger partial charge in [0.25, 0.3) is 0 Å². The summed E-state index contributed by atoms with van der Waals surface area (Å²) in [6.07, 6.45) is 2.28. The fourth-order valence-electron chi connectivity index (χ4n) is 1.56. The van der Waals surface area contributed by atoms with Crippen LogP contribution >= 0.6 is 0 Å². The van der Waals surface area contributed by atoms with Crippen molar-refractivity contribution in [3.8, 4) is 0 Å². The van der Waals surface area contributed by atoms with Crippen LogP contribution in [0.1, 0.15) is 30.4 Å². The molecule has 0 spiro atoms. The molecule has 0 aliphatic rings. The van der Waals surface area contributed by atoms with Crippen LogP contribution in [0, 0.1) is 0 Å². The van der Waals surface area contributed by atoms with Crippen molar-refractivity contribution in [2.24, 2.45) is 5.73 Å². The maximum absolute atomic E-state index is 9.07. The Labute approximate surface area is 85.8 Å². The zero-order chi connectivity index (χ0) is 10.4. The van der Waals surface area contributed by atoms with Crippen LogP contribution in [0.25, 0.3) is 0 Å². The minimum Gasteiger partial charge on any atom is -0.396 e. The molecule has 0 aliphatic carbocycles. The third-order valence-corrected chi connectivity index (χ3v) is 2.49. The summed E-state index contributed by atoms with van der Waals surface area (Å²) in [4.78, 5) is 0. The van der Waals surface area contributed by atoms with Gasteiger partial charge in [-0.1, -0.05) is 37.6 Å². The zero-order valence-electron chi connectivity index (χ0n) is 8.74. The Hall–Kier alpha value is -0.860. The second kappa shape index (κ2) is 5.78. The number of hydrogen-bond acceptors (Lipinski definition) is 2. The molecular weight excluding hydrogens is 174 g/mol. The topological polar surface area (TPSA) is 46.2 Å². The second-order valence-corrected chi connectivity index (χ2v) is 3.61. The molecule has 78 valence electrons. The van der Waals surface area contributed by atoms with E-state index in [0.29, 0.717) is 6.54 Å². The van der Waals surface area contributed by atoms with E-state index in [1.165, 1.54) is 12.0 Å². The van der Waals surface area contributed by atoms with Gasteiger partial charge in [-0.2, -0.15) is 0 Å². The normalized spacial score (nSPS) is 12.8. The Bertz CT molecular complexity index is 252. The van der Waals surface area contributed by atoms with Crippen LogP contribution < -0.4 is 5.73 Å². The molecule has 0 fully saturated rings. The van der Waals surface area contributed by atoms with Gasteiger partial charge in [0.2, 0.25) is 0 Å². The van der Waals surface area contributed by atoms with Gasteiger partial charge >= 0.3 is 0 Å². The third-order valence-electron chi connectivity index (χ3n) is 2.49. The van der Waals surface area contributed by atoms with Crippen molar-refractivity contribution in [3.63, 3.8) is 0 Å². The van der Waals surface area contributed by atoms with E-state index < -0.39 is 0 Å². The summed E-state index contributed by atoms with van der Waals surface area (Å²) in [7, 11) is 0. The van der Waals surface area contributed by atoms with Gasteiger partial charge in [0, 0.05) is 12.5 Å². The molecule has 1 atom stereocenters. The summed E-state index contributed by atoms with van der Waals surface area (Å²) in [5.41, 5.74) is 8.04. The Morgan fingerprint density at radius 3 is 2.36 bits per heavy atom. The molecule has 0 amide bonds. The average molecular weight is 193 g/mol. The van der Waals surface area contributed by atoms with Gasteiger partial charge in [-0.05, 0) is 17.5 Å². The van der Waals surface area contributed by atoms with Crippen molar-refractivity contribution < 1.29 is 5.11 Å². The van der Waals surface area contributed by atoms with Gasteiger partial charge in [0.05, 0.1) is 6.61 Å². The monoisotopic (exact) mass is 193 g/mol. The van der Waals surface area contributed by atoms with Crippen molar-refractivity contribution in [2.45, 2.75) is 25.7 Å². The fraction of sp³-hybridized carbons (Fsp3) is 0.500. The van der Waals surface area contributed by atoms with Gasteiger partial charge in [0.15, 0.2) is 0 Å². The first-order chi connectivity index (χ1) is 6.81. The Balaban J connectivity index is 2.71.